The lowest BCUT2D eigenvalue weighted by Crippen LogP contribution is -2.37. The second-order valence-corrected chi connectivity index (χ2v) is 5.57. The minimum absolute atomic E-state index is 0.379. The highest BCUT2D eigenvalue weighted by Gasteiger charge is 2.13. The van der Waals surface area contributed by atoms with Crippen LogP contribution in [-0.4, -0.2) is 50.0 Å². The van der Waals surface area contributed by atoms with Crippen molar-refractivity contribution in [2.75, 3.05) is 33.4 Å². The summed E-state index contributed by atoms with van der Waals surface area (Å²) in [5, 5.41) is 6.62. The molecule has 1 aliphatic rings. The Morgan fingerprint density at radius 3 is 2.91 bits per heavy atom. The number of aryl methyl sites for hydroxylation is 1. The molecule has 22 heavy (non-hydrogen) atoms. The zero-order chi connectivity index (χ0) is 15.6. The van der Waals surface area contributed by atoms with Gasteiger partial charge in [-0.15, -0.1) is 0 Å². The highest BCUT2D eigenvalue weighted by Crippen LogP contribution is 2.10. The molecule has 2 heterocycles. The number of ether oxygens (including phenoxy) is 2. The smallest absolute Gasteiger partial charge is 0.191 e. The van der Waals surface area contributed by atoms with E-state index in [1.807, 2.05) is 17.8 Å². The Morgan fingerprint density at radius 1 is 1.41 bits per heavy atom. The summed E-state index contributed by atoms with van der Waals surface area (Å²) in [6.07, 6.45) is 7.54. The van der Waals surface area contributed by atoms with Crippen molar-refractivity contribution in [3.63, 3.8) is 0 Å². The number of hydrogen-bond donors (Lipinski definition) is 2. The molecule has 1 saturated heterocycles. The molecular formula is C16H28N4O2. The molecule has 6 heteroatoms. The number of hydrogen-bond acceptors (Lipinski definition) is 3. The number of aliphatic imine (C=N–C) groups is 1. The van der Waals surface area contributed by atoms with Gasteiger partial charge in [-0.05, 0) is 30.9 Å². The van der Waals surface area contributed by atoms with E-state index >= 15 is 0 Å². The first-order chi connectivity index (χ1) is 10.8. The summed E-state index contributed by atoms with van der Waals surface area (Å²) < 4.78 is 13.2. The average Bonchev–Trinajstić information content (AvgIpc) is 2.96. The Morgan fingerprint density at radius 2 is 2.23 bits per heavy atom. The van der Waals surface area contributed by atoms with Crippen molar-refractivity contribution < 1.29 is 9.47 Å². The minimum atomic E-state index is 0.379. The van der Waals surface area contributed by atoms with Gasteiger partial charge in [0.1, 0.15) is 0 Å². The van der Waals surface area contributed by atoms with Gasteiger partial charge in [-0.1, -0.05) is 0 Å². The first kappa shape index (κ1) is 16.8. The van der Waals surface area contributed by atoms with Crippen molar-refractivity contribution >= 4 is 5.96 Å². The summed E-state index contributed by atoms with van der Waals surface area (Å²) in [6, 6.07) is 2.10. The van der Waals surface area contributed by atoms with E-state index in [1.54, 1.807) is 7.05 Å². The second-order valence-electron chi connectivity index (χ2n) is 5.57. The van der Waals surface area contributed by atoms with Gasteiger partial charge in [-0.2, -0.15) is 0 Å². The highest BCUT2D eigenvalue weighted by atomic mass is 16.5. The van der Waals surface area contributed by atoms with Gasteiger partial charge in [0, 0.05) is 59.4 Å². The maximum Gasteiger partial charge on any atom is 0.191 e. The molecule has 0 bridgehead atoms. The third kappa shape index (κ3) is 6.07. The van der Waals surface area contributed by atoms with E-state index in [0.29, 0.717) is 6.10 Å². The highest BCUT2D eigenvalue weighted by molar-refractivity contribution is 5.79. The number of guanidine groups is 1. The lowest BCUT2D eigenvalue weighted by Gasteiger charge is -2.22. The molecule has 0 spiro atoms. The van der Waals surface area contributed by atoms with E-state index < -0.39 is 0 Å². The fraction of sp³-hybridized carbons (Fsp3) is 0.688. The summed E-state index contributed by atoms with van der Waals surface area (Å²) in [5.74, 6) is 0.829. The van der Waals surface area contributed by atoms with Crippen LogP contribution in [0.15, 0.2) is 23.5 Å². The maximum absolute atomic E-state index is 5.85. The zero-order valence-electron chi connectivity index (χ0n) is 13.7. The molecule has 0 aliphatic carbocycles. The van der Waals surface area contributed by atoms with Gasteiger partial charge in [-0.3, -0.25) is 4.99 Å². The number of aromatic nitrogens is 1. The Hall–Kier alpha value is -1.53. The van der Waals surface area contributed by atoms with Crippen LogP contribution in [-0.2, 0) is 23.1 Å². The van der Waals surface area contributed by atoms with Crippen molar-refractivity contribution in [1.82, 2.24) is 15.2 Å². The molecule has 124 valence electrons. The fourth-order valence-electron chi connectivity index (χ4n) is 2.44. The minimum Gasteiger partial charge on any atom is -0.381 e. The third-order valence-corrected chi connectivity index (χ3v) is 3.71. The first-order valence-electron chi connectivity index (χ1n) is 8.02. The van der Waals surface area contributed by atoms with E-state index in [9.17, 15) is 0 Å². The van der Waals surface area contributed by atoms with Gasteiger partial charge in [0.25, 0.3) is 0 Å². The first-order valence-corrected chi connectivity index (χ1v) is 8.02. The summed E-state index contributed by atoms with van der Waals surface area (Å²) >= 11 is 0. The van der Waals surface area contributed by atoms with Crippen molar-refractivity contribution in [1.29, 1.82) is 0 Å². The van der Waals surface area contributed by atoms with E-state index in [-0.39, 0.29) is 0 Å². The van der Waals surface area contributed by atoms with Crippen LogP contribution >= 0.6 is 0 Å². The van der Waals surface area contributed by atoms with E-state index in [0.717, 1.165) is 58.1 Å². The average molecular weight is 308 g/mol. The third-order valence-electron chi connectivity index (χ3n) is 3.71. The molecule has 0 atom stereocenters. The lowest BCUT2D eigenvalue weighted by molar-refractivity contribution is -0.0320. The molecule has 1 aromatic heterocycles. The van der Waals surface area contributed by atoms with Crippen LogP contribution < -0.4 is 10.6 Å². The van der Waals surface area contributed by atoms with Crippen LogP contribution in [0.3, 0.4) is 0 Å². The van der Waals surface area contributed by atoms with Crippen LogP contribution in [0, 0.1) is 0 Å². The van der Waals surface area contributed by atoms with Crippen molar-refractivity contribution in [2.45, 2.75) is 31.9 Å². The monoisotopic (exact) mass is 308 g/mol. The fourth-order valence-corrected chi connectivity index (χ4v) is 2.44. The van der Waals surface area contributed by atoms with Crippen LogP contribution in [0.4, 0.5) is 0 Å². The standard InChI is InChI=1S/C16H28N4O2/c1-17-16(19-12-14-4-8-20(2)13-14)18-7-3-9-22-15-5-10-21-11-6-15/h4,8,13,15H,3,5-7,9-12H2,1-2H3,(H2,17,18,19). The topological polar surface area (TPSA) is 59.8 Å². The predicted molar refractivity (Wildman–Crippen MR) is 88.0 cm³/mol. The maximum atomic E-state index is 5.85. The largest absolute Gasteiger partial charge is 0.381 e. The molecule has 2 N–H and O–H groups in total. The molecule has 1 aromatic rings. The molecule has 2 rings (SSSR count). The Balaban J connectivity index is 1.54. The van der Waals surface area contributed by atoms with Crippen LogP contribution in [0.25, 0.3) is 0 Å². The van der Waals surface area contributed by atoms with E-state index in [2.05, 4.69) is 27.9 Å². The van der Waals surface area contributed by atoms with Crippen molar-refractivity contribution in [3.05, 3.63) is 24.0 Å². The Bertz CT molecular complexity index is 453. The van der Waals surface area contributed by atoms with Crippen molar-refractivity contribution in [2.24, 2.45) is 12.0 Å². The normalized spacial score (nSPS) is 16.7. The van der Waals surface area contributed by atoms with Crippen LogP contribution in [0.2, 0.25) is 0 Å². The number of nitrogens with one attached hydrogen (secondary N) is 2. The van der Waals surface area contributed by atoms with Gasteiger partial charge >= 0.3 is 0 Å². The zero-order valence-corrected chi connectivity index (χ0v) is 13.7. The van der Waals surface area contributed by atoms with Gasteiger partial charge in [0.05, 0.1) is 6.10 Å². The molecule has 0 unspecified atom stereocenters. The van der Waals surface area contributed by atoms with Gasteiger partial charge in [0.2, 0.25) is 0 Å². The Labute approximate surface area is 132 Å². The Kier molecular flexibility index (Phi) is 7.25. The van der Waals surface area contributed by atoms with Crippen molar-refractivity contribution in [3.8, 4) is 0 Å². The summed E-state index contributed by atoms with van der Waals surface area (Å²) in [6.45, 7) is 4.09. The van der Waals surface area contributed by atoms with Crippen LogP contribution in [0.1, 0.15) is 24.8 Å². The molecule has 1 fully saturated rings. The number of nitrogens with zero attached hydrogens (tertiary/aromatic N) is 2. The second kappa shape index (κ2) is 9.48. The summed E-state index contributed by atoms with van der Waals surface area (Å²) in [7, 11) is 3.81. The summed E-state index contributed by atoms with van der Waals surface area (Å²) in [4.78, 5) is 4.23. The number of rotatable bonds is 7. The lowest BCUT2D eigenvalue weighted by atomic mass is 10.1. The predicted octanol–water partition coefficient (Wildman–Crippen LogP) is 1.28. The molecule has 6 nitrogen and oxygen atoms in total. The molecule has 0 radical (unpaired) electrons. The van der Waals surface area contributed by atoms with Gasteiger partial charge in [-0.25, -0.2) is 0 Å². The molecule has 1 aliphatic heterocycles. The van der Waals surface area contributed by atoms with Gasteiger partial charge < -0.3 is 24.7 Å². The molecule has 0 aromatic carbocycles. The molecule has 0 saturated carbocycles. The van der Waals surface area contributed by atoms with E-state index in [4.69, 9.17) is 9.47 Å². The molecule has 0 amide bonds. The SMILES string of the molecule is CN=C(NCCCOC1CCOCC1)NCc1ccn(C)c1. The quantitative estimate of drug-likeness (QED) is 0.452. The summed E-state index contributed by atoms with van der Waals surface area (Å²) in [5.41, 5.74) is 1.24. The van der Waals surface area contributed by atoms with E-state index in [1.165, 1.54) is 5.56 Å². The van der Waals surface area contributed by atoms with Gasteiger partial charge in [0.15, 0.2) is 5.96 Å². The molecular weight excluding hydrogens is 280 g/mol. The van der Waals surface area contributed by atoms with Crippen LogP contribution in [0.5, 0.6) is 0 Å².